The SMILES string of the molecule is Cc1ccc(OCCOC(=O)COc2ccc3ccc(=O)oc3c2)cc1. The van der Waals surface area contributed by atoms with Gasteiger partial charge in [-0.2, -0.15) is 0 Å². The maximum atomic E-state index is 11.7. The predicted molar refractivity (Wildman–Crippen MR) is 95.6 cm³/mol. The van der Waals surface area contributed by atoms with Crippen molar-refractivity contribution in [3.63, 3.8) is 0 Å². The van der Waals surface area contributed by atoms with Crippen LogP contribution in [0.2, 0.25) is 0 Å². The standard InChI is InChI=1S/C20H18O6/c1-14-2-6-16(7-3-14)23-10-11-24-20(22)13-25-17-8-4-15-5-9-19(21)26-18(15)12-17/h2-9,12H,10-11,13H2,1H3. The highest BCUT2D eigenvalue weighted by Crippen LogP contribution is 2.19. The van der Waals surface area contributed by atoms with Gasteiger partial charge in [0.2, 0.25) is 0 Å². The van der Waals surface area contributed by atoms with Gasteiger partial charge in [-0.3, -0.25) is 0 Å². The molecule has 3 aromatic rings. The molecule has 0 bridgehead atoms. The summed E-state index contributed by atoms with van der Waals surface area (Å²) in [4.78, 5) is 22.9. The molecule has 6 nitrogen and oxygen atoms in total. The van der Waals surface area contributed by atoms with E-state index in [9.17, 15) is 9.59 Å². The van der Waals surface area contributed by atoms with Crippen LogP contribution in [-0.4, -0.2) is 25.8 Å². The van der Waals surface area contributed by atoms with Crippen LogP contribution in [0, 0.1) is 6.92 Å². The van der Waals surface area contributed by atoms with Crippen molar-refractivity contribution in [3.8, 4) is 11.5 Å². The molecule has 0 fully saturated rings. The largest absolute Gasteiger partial charge is 0.490 e. The summed E-state index contributed by atoms with van der Waals surface area (Å²) in [5.74, 6) is 0.632. The van der Waals surface area contributed by atoms with Crippen molar-refractivity contribution in [2.75, 3.05) is 19.8 Å². The Morgan fingerprint density at radius 2 is 1.65 bits per heavy atom. The fourth-order valence-corrected chi connectivity index (χ4v) is 2.26. The third kappa shape index (κ3) is 4.86. The summed E-state index contributed by atoms with van der Waals surface area (Å²) in [5, 5.41) is 0.771. The molecular formula is C20H18O6. The highest BCUT2D eigenvalue weighted by Gasteiger charge is 2.06. The lowest BCUT2D eigenvalue weighted by molar-refractivity contribution is -0.146. The van der Waals surface area contributed by atoms with Gasteiger partial charge in [0.25, 0.3) is 0 Å². The molecule has 0 saturated carbocycles. The molecule has 0 N–H and O–H groups in total. The number of benzene rings is 2. The normalized spacial score (nSPS) is 10.5. The lowest BCUT2D eigenvalue weighted by Crippen LogP contribution is -2.18. The van der Waals surface area contributed by atoms with Crippen LogP contribution in [0.5, 0.6) is 11.5 Å². The van der Waals surface area contributed by atoms with Crippen LogP contribution in [0.1, 0.15) is 5.56 Å². The molecule has 0 amide bonds. The lowest BCUT2D eigenvalue weighted by atomic mass is 10.2. The molecule has 6 heteroatoms. The van der Waals surface area contributed by atoms with Gasteiger partial charge in [-0.05, 0) is 37.3 Å². The minimum atomic E-state index is -0.507. The smallest absolute Gasteiger partial charge is 0.344 e. The number of ether oxygens (including phenoxy) is 3. The van der Waals surface area contributed by atoms with Crippen molar-refractivity contribution in [1.29, 1.82) is 0 Å². The molecule has 0 atom stereocenters. The van der Waals surface area contributed by atoms with E-state index < -0.39 is 11.6 Å². The minimum Gasteiger partial charge on any atom is -0.490 e. The Morgan fingerprint density at radius 1 is 0.923 bits per heavy atom. The Bertz CT molecular complexity index is 942. The second-order valence-electron chi connectivity index (χ2n) is 5.62. The fourth-order valence-electron chi connectivity index (χ4n) is 2.26. The van der Waals surface area contributed by atoms with E-state index in [2.05, 4.69) is 0 Å². The van der Waals surface area contributed by atoms with Crippen molar-refractivity contribution in [2.24, 2.45) is 0 Å². The lowest BCUT2D eigenvalue weighted by Gasteiger charge is -2.09. The molecule has 0 spiro atoms. The Labute approximate surface area is 149 Å². The van der Waals surface area contributed by atoms with Crippen LogP contribution in [0.25, 0.3) is 11.0 Å². The van der Waals surface area contributed by atoms with Crippen molar-refractivity contribution >= 4 is 16.9 Å². The van der Waals surface area contributed by atoms with E-state index in [4.69, 9.17) is 18.6 Å². The van der Waals surface area contributed by atoms with Gasteiger partial charge >= 0.3 is 11.6 Å². The molecule has 0 saturated heterocycles. The highest BCUT2D eigenvalue weighted by molar-refractivity contribution is 5.78. The molecular weight excluding hydrogens is 336 g/mol. The monoisotopic (exact) mass is 354 g/mol. The maximum Gasteiger partial charge on any atom is 0.344 e. The zero-order chi connectivity index (χ0) is 18.4. The first-order chi connectivity index (χ1) is 12.6. The zero-order valence-electron chi connectivity index (χ0n) is 14.3. The van der Waals surface area contributed by atoms with Crippen molar-refractivity contribution in [1.82, 2.24) is 0 Å². The molecule has 26 heavy (non-hydrogen) atoms. The molecule has 0 radical (unpaired) electrons. The van der Waals surface area contributed by atoms with Gasteiger partial charge in [0.05, 0.1) is 0 Å². The molecule has 3 rings (SSSR count). The van der Waals surface area contributed by atoms with E-state index in [1.165, 1.54) is 6.07 Å². The molecule has 0 aliphatic heterocycles. The summed E-state index contributed by atoms with van der Waals surface area (Å²) < 4.78 is 21.0. The Hall–Kier alpha value is -3.28. The number of rotatable bonds is 7. The van der Waals surface area contributed by atoms with E-state index in [1.54, 1.807) is 24.3 Å². The summed E-state index contributed by atoms with van der Waals surface area (Å²) in [7, 11) is 0. The third-order valence-electron chi connectivity index (χ3n) is 3.59. The summed E-state index contributed by atoms with van der Waals surface area (Å²) in [5.41, 5.74) is 1.10. The molecule has 2 aromatic carbocycles. The Kier molecular flexibility index (Phi) is 5.53. The number of carbonyl (C=O) groups is 1. The molecule has 1 aromatic heterocycles. The number of hydrogen-bond acceptors (Lipinski definition) is 6. The van der Waals surface area contributed by atoms with E-state index in [-0.39, 0.29) is 19.8 Å². The Morgan fingerprint density at radius 3 is 2.46 bits per heavy atom. The zero-order valence-corrected chi connectivity index (χ0v) is 14.3. The quantitative estimate of drug-likeness (QED) is 0.369. The van der Waals surface area contributed by atoms with Gasteiger partial charge in [0, 0.05) is 17.5 Å². The first kappa shape index (κ1) is 17.5. The number of aryl methyl sites for hydroxylation is 1. The van der Waals surface area contributed by atoms with Gasteiger partial charge in [0.1, 0.15) is 30.3 Å². The number of carbonyl (C=O) groups excluding carboxylic acids is 1. The first-order valence-electron chi connectivity index (χ1n) is 8.12. The van der Waals surface area contributed by atoms with Crippen LogP contribution in [0.15, 0.2) is 63.8 Å². The topological polar surface area (TPSA) is 75.0 Å². The van der Waals surface area contributed by atoms with Crippen LogP contribution in [0.3, 0.4) is 0 Å². The number of fused-ring (bicyclic) bond motifs is 1. The van der Waals surface area contributed by atoms with Gasteiger partial charge in [0.15, 0.2) is 6.61 Å². The summed E-state index contributed by atoms with van der Waals surface area (Å²) in [6.45, 7) is 2.14. The van der Waals surface area contributed by atoms with E-state index in [1.807, 2.05) is 31.2 Å². The summed E-state index contributed by atoms with van der Waals surface area (Å²) >= 11 is 0. The van der Waals surface area contributed by atoms with E-state index >= 15 is 0 Å². The second-order valence-corrected chi connectivity index (χ2v) is 5.62. The second kappa shape index (κ2) is 8.20. The number of esters is 1. The van der Waals surface area contributed by atoms with Gasteiger partial charge in [-0.15, -0.1) is 0 Å². The Balaban J connectivity index is 1.42. The van der Waals surface area contributed by atoms with Crippen LogP contribution < -0.4 is 15.1 Å². The van der Waals surface area contributed by atoms with Gasteiger partial charge in [-0.25, -0.2) is 9.59 Å². The summed E-state index contributed by atoms with van der Waals surface area (Å²) in [6, 6.07) is 15.6. The number of hydrogen-bond donors (Lipinski definition) is 0. The summed E-state index contributed by atoms with van der Waals surface area (Å²) in [6.07, 6.45) is 0. The maximum absolute atomic E-state index is 11.7. The van der Waals surface area contributed by atoms with Crippen molar-refractivity contribution in [3.05, 3.63) is 70.6 Å². The first-order valence-corrected chi connectivity index (χ1v) is 8.12. The van der Waals surface area contributed by atoms with Crippen molar-refractivity contribution < 1.29 is 23.4 Å². The van der Waals surface area contributed by atoms with Crippen LogP contribution >= 0.6 is 0 Å². The van der Waals surface area contributed by atoms with Crippen LogP contribution in [0.4, 0.5) is 0 Å². The van der Waals surface area contributed by atoms with E-state index in [0.717, 1.165) is 16.7 Å². The van der Waals surface area contributed by atoms with Gasteiger partial charge in [-0.1, -0.05) is 17.7 Å². The van der Waals surface area contributed by atoms with E-state index in [0.29, 0.717) is 11.3 Å². The van der Waals surface area contributed by atoms with Crippen molar-refractivity contribution in [2.45, 2.75) is 6.92 Å². The minimum absolute atomic E-state index is 0.128. The molecule has 0 unspecified atom stereocenters. The van der Waals surface area contributed by atoms with Gasteiger partial charge < -0.3 is 18.6 Å². The average Bonchev–Trinajstić information content (AvgIpc) is 2.64. The predicted octanol–water partition coefficient (Wildman–Crippen LogP) is 3.10. The molecule has 0 aliphatic carbocycles. The highest BCUT2D eigenvalue weighted by atomic mass is 16.6. The third-order valence-corrected chi connectivity index (χ3v) is 3.59. The van der Waals surface area contributed by atoms with Crippen LogP contribution in [-0.2, 0) is 9.53 Å². The molecule has 0 aliphatic rings. The molecule has 134 valence electrons. The fraction of sp³-hybridized carbons (Fsp3) is 0.200. The average molecular weight is 354 g/mol. The molecule has 1 heterocycles.